The molecule has 1 unspecified atom stereocenters. The van der Waals surface area contributed by atoms with Crippen LogP contribution in [-0.2, 0) is 9.47 Å². The SMILES string of the molecule is CCC(C)C1COC(c2cccc(OC)c2)OC1. The summed E-state index contributed by atoms with van der Waals surface area (Å²) >= 11 is 0. The molecule has 1 aliphatic rings. The summed E-state index contributed by atoms with van der Waals surface area (Å²) in [5.74, 6) is 2.00. The molecular weight excluding hydrogens is 228 g/mol. The summed E-state index contributed by atoms with van der Waals surface area (Å²) in [6, 6.07) is 7.86. The van der Waals surface area contributed by atoms with Crippen molar-refractivity contribution in [1.82, 2.24) is 0 Å². The van der Waals surface area contributed by atoms with Crippen LogP contribution in [0.1, 0.15) is 32.1 Å². The number of hydrogen-bond donors (Lipinski definition) is 0. The lowest BCUT2D eigenvalue weighted by Crippen LogP contribution is -2.31. The van der Waals surface area contributed by atoms with E-state index in [9.17, 15) is 0 Å². The third-order valence-corrected chi connectivity index (χ3v) is 3.74. The van der Waals surface area contributed by atoms with Gasteiger partial charge in [-0.25, -0.2) is 0 Å². The van der Waals surface area contributed by atoms with Crippen molar-refractivity contribution in [1.29, 1.82) is 0 Å². The summed E-state index contributed by atoms with van der Waals surface area (Å²) in [7, 11) is 1.67. The van der Waals surface area contributed by atoms with Crippen molar-refractivity contribution >= 4 is 0 Å². The monoisotopic (exact) mass is 250 g/mol. The minimum atomic E-state index is -0.250. The van der Waals surface area contributed by atoms with Crippen molar-refractivity contribution in [3.8, 4) is 5.75 Å². The summed E-state index contributed by atoms with van der Waals surface area (Å²) in [5.41, 5.74) is 1.02. The molecule has 3 nitrogen and oxygen atoms in total. The molecule has 0 N–H and O–H groups in total. The highest BCUT2D eigenvalue weighted by Crippen LogP contribution is 2.30. The number of benzene rings is 1. The van der Waals surface area contributed by atoms with E-state index in [1.807, 2.05) is 24.3 Å². The standard InChI is InChI=1S/C15H22O3/c1-4-11(2)13-9-17-15(18-10-13)12-6-5-7-14(8-12)16-3/h5-8,11,13,15H,4,9-10H2,1-3H3. The number of methoxy groups -OCH3 is 1. The van der Waals surface area contributed by atoms with Gasteiger partial charge in [0.2, 0.25) is 0 Å². The summed E-state index contributed by atoms with van der Waals surface area (Å²) in [5, 5.41) is 0. The fraction of sp³-hybridized carbons (Fsp3) is 0.600. The molecule has 1 saturated heterocycles. The van der Waals surface area contributed by atoms with E-state index < -0.39 is 0 Å². The van der Waals surface area contributed by atoms with Crippen molar-refractivity contribution in [2.45, 2.75) is 26.6 Å². The largest absolute Gasteiger partial charge is 0.497 e. The van der Waals surface area contributed by atoms with Crippen LogP contribution in [0.15, 0.2) is 24.3 Å². The minimum absolute atomic E-state index is 0.250. The lowest BCUT2D eigenvalue weighted by molar-refractivity contribution is -0.212. The van der Waals surface area contributed by atoms with Gasteiger partial charge in [0, 0.05) is 11.5 Å². The molecule has 0 aliphatic carbocycles. The number of ether oxygens (including phenoxy) is 3. The van der Waals surface area contributed by atoms with Crippen LogP contribution in [0.4, 0.5) is 0 Å². The van der Waals surface area contributed by atoms with Gasteiger partial charge in [-0.1, -0.05) is 32.4 Å². The lowest BCUT2D eigenvalue weighted by atomic mass is 9.93. The normalized spacial score (nSPS) is 25.7. The molecule has 1 aliphatic heterocycles. The van der Waals surface area contributed by atoms with E-state index >= 15 is 0 Å². The average Bonchev–Trinajstić information content (AvgIpc) is 2.46. The van der Waals surface area contributed by atoms with Gasteiger partial charge in [0.25, 0.3) is 0 Å². The molecule has 0 aromatic heterocycles. The fourth-order valence-corrected chi connectivity index (χ4v) is 2.16. The topological polar surface area (TPSA) is 27.7 Å². The molecule has 0 saturated carbocycles. The molecule has 0 bridgehead atoms. The van der Waals surface area contributed by atoms with Crippen LogP contribution in [0.3, 0.4) is 0 Å². The third kappa shape index (κ3) is 3.03. The van der Waals surface area contributed by atoms with E-state index in [0.717, 1.165) is 24.5 Å². The highest BCUT2D eigenvalue weighted by atomic mass is 16.7. The van der Waals surface area contributed by atoms with Crippen molar-refractivity contribution in [3.63, 3.8) is 0 Å². The lowest BCUT2D eigenvalue weighted by Gasteiger charge is -2.32. The summed E-state index contributed by atoms with van der Waals surface area (Å²) in [6.45, 7) is 6.01. The maximum atomic E-state index is 5.82. The molecule has 1 heterocycles. The molecule has 3 heteroatoms. The molecule has 1 aromatic rings. The van der Waals surface area contributed by atoms with Crippen LogP contribution in [-0.4, -0.2) is 20.3 Å². The number of rotatable bonds is 4. The van der Waals surface area contributed by atoms with E-state index in [0.29, 0.717) is 11.8 Å². The van der Waals surface area contributed by atoms with Gasteiger partial charge in [-0.3, -0.25) is 0 Å². The van der Waals surface area contributed by atoms with Crippen molar-refractivity contribution < 1.29 is 14.2 Å². The second kappa shape index (κ2) is 6.21. The van der Waals surface area contributed by atoms with E-state index in [1.54, 1.807) is 7.11 Å². The first-order valence-electron chi connectivity index (χ1n) is 6.61. The van der Waals surface area contributed by atoms with Crippen molar-refractivity contribution in [2.24, 2.45) is 11.8 Å². The smallest absolute Gasteiger partial charge is 0.183 e. The second-order valence-electron chi connectivity index (χ2n) is 4.92. The average molecular weight is 250 g/mol. The first-order valence-corrected chi connectivity index (χ1v) is 6.61. The maximum Gasteiger partial charge on any atom is 0.183 e. The molecule has 0 spiro atoms. The van der Waals surface area contributed by atoms with Crippen molar-refractivity contribution in [3.05, 3.63) is 29.8 Å². The van der Waals surface area contributed by atoms with Gasteiger partial charge in [0.15, 0.2) is 6.29 Å². The predicted octanol–water partition coefficient (Wildman–Crippen LogP) is 3.40. The Morgan fingerprint density at radius 2 is 2.06 bits per heavy atom. The van der Waals surface area contributed by atoms with Gasteiger partial charge >= 0.3 is 0 Å². The Morgan fingerprint density at radius 3 is 2.67 bits per heavy atom. The molecule has 100 valence electrons. The van der Waals surface area contributed by atoms with Crippen LogP contribution in [0.2, 0.25) is 0 Å². The Labute approximate surface area is 109 Å². The Kier molecular flexibility index (Phi) is 4.61. The molecule has 1 aromatic carbocycles. The molecule has 1 fully saturated rings. The Hall–Kier alpha value is -1.06. The highest BCUT2D eigenvalue weighted by Gasteiger charge is 2.26. The van der Waals surface area contributed by atoms with E-state index in [4.69, 9.17) is 14.2 Å². The van der Waals surface area contributed by atoms with Gasteiger partial charge < -0.3 is 14.2 Å². The molecular formula is C15H22O3. The molecule has 0 amide bonds. The van der Waals surface area contributed by atoms with Crippen LogP contribution >= 0.6 is 0 Å². The van der Waals surface area contributed by atoms with Crippen molar-refractivity contribution in [2.75, 3.05) is 20.3 Å². The minimum Gasteiger partial charge on any atom is -0.497 e. The molecule has 18 heavy (non-hydrogen) atoms. The van der Waals surface area contributed by atoms with Gasteiger partial charge in [-0.15, -0.1) is 0 Å². The van der Waals surface area contributed by atoms with Gasteiger partial charge in [-0.2, -0.15) is 0 Å². The Morgan fingerprint density at radius 1 is 1.33 bits per heavy atom. The van der Waals surface area contributed by atoms with Crippen LogP contribution in [0.5, 0.6) is 5.75 Å². The fourth-order valence-electron chi connectivity index (χ4n) is 2.16. The third-order valence-electron chi connectivity index (χ3n) is 3.74. The molecule has 2 rings (SSSR count). The Balaban J connectivity index is 1.96. The molecule has 0 radical (unpaired) electrons. The first kappa shape index (κ1) is 13.4. The van der Waals surface area contributed by atoms with Gasteiger partial charge in [0.05, 0.1) is 20.3 Å². The highest BCUT2D eigenvalue weighted by molar-refractivity contribution is 5.29. The predicted molar refractivity (Wildman–Crippen MR) is 70.6 cm³/mol. The summed E-state index contributed by atoms with van der Waals surface area (Å²) in [4.78, 5) is 0. The van der Waals surface area contributed by atoms with Crippen LogP contribution in [0, 0.1) is 11.8 Å². The Bertz CT molecular complexity index is 370. The van der Waals surface area contributed by atoms with Crippen LogP contribution in [0.25, 0.3) is 0 Å². The zero-order valence-corrected chi connectivity index (χ0v) is 11.4. The van der Waals surface area contributed by atoms with E-state index in [2.05, 4.69) is 13.8 Å². The first-order chi connectivity index (χ1) is 8.74. The molecule has 1 atom stereocenters. The summed E-state index contributed by atoms with van der Waals surface area (Å²) in [6.07, 6.45) is 0.918. The van der Waals surface area contributed by atoms with E-state index in [-0.39, 0.29) is 6.29 Å². The van der Waals surface area contributed by atoms with E-state index in [1.165, 1.54) is 6.42 Å². The van der Waals surface area contributed by atoms with Crippen LogP contribution < -0.4 is 4.74 Å². The quantitative estimate of drug-likeness (QED) is 0.819. The second-order valence-corrected chi connectivity index (χ2v) is 4.92. The van der Waals surface area contributed by atoms with Gasteiger partial charge in [0.1, 0.15) is 5.75 Å². The van der Waals surface area contributed by atoms with Gasteiger partial charge in [-0.05, 0) is 18.1 Å². The maximum absolute atomic E-state index is 5.82. The zero-order chi connectivity index (χ0) is 13.0. The summed E-state index contributed by atoms with van der Waals surface area (Å²) < 4.78 is 16.9. The zero-order valence-electron chi connectivity index (χ0n) is 11.4. The number of hydrogen-bond acceptors (Lipinski definition) is 3.